The highest BCUT2D eigenvalue weighted by molar-refractivity contribution is 5.63. The molecule has 1 aromatic carbocycles. The topological polar surface area (TPSA) is 46.2 Å². The van der Waals surface area contributed by atoms with Gasteiger partial charge in [-0.25, -0.2) is 0 Å². The van der Waals surface area contributed by atoms with Crippen molar-refractivity contribution in [3.63, 3.8) is 0 Å². The van der Waals surface area contributed by atoms with Crippen molar-refractivity contribution >= 4 is 5.69 Å². The van der Waals surface area contributed by atoms with E-state index in [0.29, 0.717) is 5.69 Å². The molecule has 2 nitrogen and oxygen atoms in total. The Morgan fingerprint density at radius 3 is 2.00 bits per heavy atom. The average molecular weight is 235 g/mol. The number of aromatic hydroxyl groups is 1. The Morgan fingerprint density at radius 2 is 1.47 bits per heavy atom. The predicted octanol–water partition coefficient (Wildman–Crippen LogP) is 3.83. The Bertz CT molecular complexity index is 372. The standard InChI is InChI=1S/C15H25NO/c1-4-7-11-10-14(17)15(16)13(9-6-3)12(11)8-5-2/h10,17H,4-9,16H2,1-3H3. The van der Waals surface area contributed by atoms with Crippen LogP contribution in [0.3, 0.4) is 0 Å². The lowest BCUT2D eigenvalue weighted by Crippen LogP contribution is -2.05. The highest BCUT2D eigenvalue weighted by Gasteiger charge is 2.14. The van der Waals surface area contributed by atoms with Crippen LogP contribution in [0.5, 0.6) is 5.75 Å². The molecule has 3 N–H and O–H groups in total. The van der Waals surface area contributed by atoms with Crippen LogP contribution in [0.25, 0.3) is 0 Å². The number of nitrogen functional groups attached to an aromatic ring is 1. The highest BCUT2D eigenvalue weighted by atomic mass is 16.3. The third-order valence-corrected chi connectivity index (χ3v) is 3.18. The molecular formula is C15H25NO. The van der Waals surface area contributed by atoms with Gasteiger partial charge in [-0.2, -0.15) is 0 Å². The van der Waals surface area contributed by atoms with Gasteiger partial charge in [0.15, 0.2) is 0 Å². The maximum absolute atomic E-state index is 9.90. The number of phenols is 1. The second kappa shape index (κ2) is 6.53. The first-order valence-corrected chi connectivity index (χ1v) is 6.77. The van der Waals surface area contributed by atoms with Gasteiger partial charge in [0.2, 0.25) is 0 Å². The molecule has 0 saturated heterocycles. The minimum Gasteiger partial charge on any atom is -0.506 e. The summed E-state index contributed by atoms with van der Waals surface area (Å²) in [5.41, 5.74) is 10.4. The lowest BCUT2D eigenvalue weighted by Gasteiger charge is -2.17. The van der Waals surface area contributed by atoms with Crippen molar-refractivity contribution in [1.82, 2.24) is 0 Å². The largest absolute Gasteiger partial charge is 0.506 e. The number of hydrogen-bond donors (Lipinski definition) is 2. The van der Waals surface area contributed by atoms with E-state index in [1.165, 1.54) is 16.7 Å². The Kier molecular flexibility index (Phi) is 5.33. The number of hydrogen-bond acceptors (Lipinski definition) is 2. The van der Waals surface area contributed by atoms with Crippen LogP contribution in [0.1, 0.15) is 56.7 Å². The van der Waals surface area contributed by atoms with Gasteiger partial charge in [-0.1, -0.05) is 40.0 Å². The molecule has 0 aliphatic carbocycles. The fourth-order valence-corrected chi connectivity index (χ4v) is 2.43. The molecule has 0 amide bonds. The maximum atomic E-state index is 9.90. The van der Waals surface area contributed by atoms with Gasteiger partial charge < -0.3 is 10.8 Å². The van der Waals surface area contributed by atoms with Gasteiger partial charge >= 0.3 is 0 Å². The summed E-state index contributed by atoms with van der Waals surface area (Å²) in [4.78, 5) is 0. The van der Waals surface area contributed by atoms with E-state index in [9.17, 15) is 5.11 Å². The summed E-state index contributed by atoms with van der Waals surface area (Å²) in [7, 11) is 0. The molecule has 2 heteroatoms. The molecule has 0 saturated carbocycles. The minimum absolute atomic E-state index is 0.261. The fourth-order valence-electron chi connectivity index (χ4n) is 2.43. The van der Waals surface area contributed by atoms with Crippen LogP contribution in [0.15, 0.2) is 6.07 Å². The zero-order chi connectivity index (χ0) is 12.8. The first-order valence-electron chi connectivity index (χ1n) is 6.77. The second-order valence-corrected chi connectivity index (χ2v) is 4.68. The summed E-state index contributed by atoms with van der Waals surface area (Å²) in [6.45, 7) is 6.51. The van der Waals surface area contributed by atoms with E-state index < -0.39 is 0 Å². The van der Waals surface area contributed by atoms with Crippen molar-refractivity contribution < 1.29 is 5.11 Å². The zero-order valence-electron chi connectivity index (χ0n) is 11.3. The minimum atomic E-state index is 0.261. The molecule has 17 heavy (non-hydrogen) atoms. The first kappa shape index (κ1) is 13.9. The molecule has 1 rings (SSSR count). The van der Waals surface area contributed by atoms with Crippen molar-refractivity contribution in [3.05, 3.63) is 22.8 Å². The number of rotatable bonds is 6. The van der Waals surface area contributed by atoms with Gasteiger partial charge in [0.25, 0.3) is 0 Å². The molecule has 0 radical (unpaired) electrons. The second-order valence-electron chi connectivity index (χ2n) is 4.68. The number of phenolic OH excluding ortho intramolecular Hbond substituents is 1. The Balaban J connectivity index is 3.29. The summed E-state index contributed by atoms with van der Waals surface area (Å²) < 4.78 is 0. The summed E-state index contributed by atoms with van der Waals surface area (Å²) in [5.74, 6) is 0.261. The van der Waals surface area contributed by atoms with E-state index >= 15 is 0 Å². The van der Waals surface area contributed by atoms with Crippen molar-refractivity contribution in [2.45, 2.75) is 59.3 Å². The van der Waals surface area contributed by atoms with Gasteiger partial charge in [-0.15, -0.1) is 0 Å². The molecule has 0 atom stereocenters. The number of nitrogens with two attached hydrogens (primary N) is 1. The number of aryl methyl sites for hydroxylation is 1. The van der Waals surface area contributed by atoms with E-state index in [2.05, 4.69) is 20.8 Å². The van der Waals surface area contributed by atoms with Gasteiger partial charge in [0.1, 0.15) is 5.75 Å². The molecule has 0 spiro atoms. The third-order valence-electron chi connectivity index (χ3n) is 3.18. The lowest BCUT2D eigenvalue weighted by atomic mass is 9.90. The van der Waals surface area contributed by atoms with E-state index in [-0.39, 0.29) is 5.75 Å². The van der Waals surface area contributed by atoms with Crippen molar-refractivity contribution in [3.8, 4) is 5.75 Å². The van der Waals surface area contributed by atoms with Crippen LogP contribution >= 0.6 is 0 Å². The van der Waals surface area contributed by atoms with Crippen LogP contribution in [-0.2, 0) is 19.3 Å². The van der Waals surface area contributed by atoms with Crippen LogP contribution < -0.4 is 5.73 Å². The van der Waals surface area contributed by atoms with Crippen LogP contribution in [0.2, 0.25) is 0 Å². The molecule has 0 unspecified atom stereocenters. The van der Waals surface area contributed by atoms with Crippen molar-refractivity contribution in [1.29, 1.82) is 0 Å². The lowest BCUT2D eigenvalue weighted by molar-refractivity contribution is 0.476. The molecule has 0 aliphatic rings. The quantitative estimate of drug-likeness (QED) is 0.581. The zero-order valence-corrected chi connectivity index (χ0v) is 11.3. The van der Waals surface area contributed by atoms with Gasteiger partial charge in [0.05, 0.1) is 5.69 Å². The number of benzene rings is 1. The average Bonchev–Trinajstić information content (AvgIpc) is 2.30. The Hall–Kier alpha value is -1.18. The van der Waals surface area contributed by atoms with Crippen molar-refractivity contribution in [2.24, 2.45) is 0 Å². The predicted molar refractivity (Wildman–Crippen MR) is 74.5 cm³/mol. The molecule has 96 valence electrons. The molecular weight excluding hydrogens is 210 g/mol. The monoisotopic (exact) mass is 235 g/mol. The fraction of sp³-hybridized carbons (Fsp3) is 0.600. The SMILES string of the molecule is CCCc1cc(O)c(N)c(CCC)c1CCC. The van der Waals surface area contributed by atoms with Gasteiger partial charge in [-0.3, -0.25) is 0 Å². The number of anilines is 1. The van der Waals surface area contributed by atoms with Gasteiger partial charge in [0, 0.05) is 0 Å². The van der Waals surface area contributed by atoms with Crippen LogP contribution in [-0.4, -0.2) is 5.11 Å². The summed E-state index contributed by atoms with van der Waals surface area (Å²) in [6, 6.07) is 1.86. The normalized spacial score (nSPS) is 10.8. The first-order chi connectivity index (χ1) is 8.15. The summed E-state index contributed by atoms with van der Waals surface area (Å²) in [5, 5.41) is 9.90. The maximum Gasteiger partial charge on any atom is 0.139 e. The van der Waals surface area contributed by atoms with Crippen molar-refractivity contribution in [2.75, 3.05) is 5.73 Å². The Labute approximate surface area is 105 Å². The van der Waals surface area contributed by atoms with Crippen LogP contribution in [0.4, 0.5) is 5.69 Å². The molecule has 0 heterocycles. The molecule has 1 aromatic rings. The van der Waals surface area contributed by atoms with Crippen LogP contribution in [0, 0.1) is 0 Å². The summed E-state index contributed by atoms with van der Waals surface area (Å²) in [6.07, 6.45) is 6.35. The summed E-state index contributed by atoms with van der Waals surface area (Å²) >= 11 is 0. The molecule has 0 aromatic heterocycles. The third kappa shape index (κ3) is 3.15. The van der Waals surface area contributed by atoms with Gasteiger partial charge in [-0.05, 0) is 42.0 Å². The van der Waals surface area contributed by atoms with E-state index in [0.717, 1.165) is 38.5 Å². The smallest absolute Gasteiger partial charge is 0.139 e. The highest BCUT2D eigenvalue weighted by Crippen LogP contribution is 2.33. The Morgan fingerprint density at radius 1 is 0.941 bits per heavy atom. The molecule has 0 fully saturated rings. The van der Waals surface area contributed by atoms with E-state index in [1.54, 1.807) is 0 Å². The molecule has 0 bridgehead atoms. The van der Waals surface area contributed by atoms with E-state index in [1.807, 2.05) is 6.07 Å². The van der Waals surface area contributed by atoms with E-state index in [4.69, 9.17) is 5.73 Å². The molecule has 0 aliphatic heterocycles.